The molecule has 2 aromatic rings. The predicted octanol–water partition coefficient (Wildman–Crippen LogP) is 1.29. The first-order valence-electron chi connectivity index (χ1n) is 8.92. The second-order valence-electron chi connectivity index (χ2n) is 6.46. The van der Waals surface area contributed by atoms with Crippen molar-refractivity contribution in [3.8, 4) is 0 Å². The molecule has 1 heterocycles. The molecule has 3 N–H and O–H groups in total. The van der Waals surface area contributed by atoms with Crippen LogP contribution in [-0.4, -0.2) is 46.7 Å². The average Bonchev–Trinajstić information content (AvgIpc) is 2.66. The average molecular weight is 407 g/mol. The molecule has 28 heavy (non-hydrogen) atoms. The Bertz CT molecular complexity index is 908. The molecule has 2 rings (SSSR count). The Hall–Kier alpha value is -2.52. The minimum atomic E-state index is -0.689. The minimum absolute atomic E-state index is 0.0260. The number of rotatable bonds is 9. The predicted molar refractivity (Wildman–Crippen MR) is 113 cm³/mol. The van der Waals surface area contributed by atoms with Crippen LogP contribution in [0.4, 0.5) is 11.5 Å². The highest BCUT2D eigenvalue weighted by molar-refractivity contribution is 8.00. The number of nitrogens with two attached hydrogens (primary N) is 1. The number of nitrogens with one attached hydrogen (secondary N) is 1. The summed E-state index contributed by atoms with van der Waals surface area (Å²) in [7, 11) is 1.51. The lowest BCUT2D eigenvalue weighted by Gasteiger charge is -2.24. The van der Waals surface area contributed by atoms with Gasteiger partial charge in [0, 0.05) is 13.7 Å². The van der Waals surface area contributed by atoms with Crippen molar-refractivity contribution < 1.29 is 9.53 Å². The summed E-state index contributed by atoms with van der Waals surface area (Å²) >= 11 is 1.46. The number of amides is 1. The number of nitrogens with zero attached hydrogens (tertiary/aromatic N) is 2. The van der Waals surface area contributed by atoms with Gasteiger partial charge in [0.05, 0.1) is 18.9 Å². The van der Waals surface area contributed by atoms with Crippen LogP contribution in [0.3, 0.4) is 0 Å². The van der Waals surface area contributed by atoms with Crippen molar-refractivity contribution in [3.05, 3.63) is 56.7 Å². The van der Waals surface area contributed by atoms with Crippen LogP contribution in [0, 0.1) is 0 Å². The molecule has 0 aliphatic rings. The van der Waals surface area contributed by atoms with E-state index in [0.717, 1.165) is 5.56 Å². The molecule has 0 saturated heterocycles. The van der Waals surface area contributed by atoms with Gasteiger partial charge in [0.2, 0.25) is 5.91 Å². The molecule has 0 atom stereocenters. The van der Waals surface area contributed by atoms with Gasteiger partial charge in [0.1, 0.15) is 5.82 Å². The molecule has 0 unspecified atom stereocenters. The normalized spacial score (nSPS) is 11.0. The molecular formula is C19H26N4O4S. The smallest absolute Gasteiger partial charge is 0.330 e. The number of hydrogen-bond donors (Lipinski definition) is 2. The summed E-state index contributed by atoms with van der Waals surface area (Å²) in [5, 5.41) is 0.260. The summed E-state index contributed by atoms with van der Waals surface area (Å²) in [4.78, 5) is 41.2. The molecule has 8 nitrogen and oxygen atoms in total. The summed E-state index contributed by atoms with van der Waals surface area (Å²) in [6.07, 6.45) is 0. The largest absolute Gasteiger partial charge is 0.383 e. The van der Waals surface area contributed by atoms with E-state index in [4.69, 9.17) is 10.5 Å². The summed E-state index contributed by atoms with van der Waals surface area (Å²) < 4.78 is 6.34. The fourth-order valence-corrected chi connectivity index (χ4v) is 3.25. The number of aromatic nitrogens is 2. The van der Waals surface area contributed by atoms with E-state index in [1.165, 1.54) is 28.3 Å². The Kier molecular flexibility index (Phi) is 7.89. The monoisotopic (exact) mass is 406 g/mol. The number of thioether (sulfide) groups is 1. The third-order valence-corrected chi connectivity index (χ3v) is 5.11. The number of carbonyl (C=O) groups excluding carboxylic acids is 1. The lowest BCUT2D eigenvalue weighted by atomic mass is 10.2. The maximum absolute atomic E-state index is 12.8. The van der Waals surface area contributed by atoms with Crippen molar-refractivity contribution in [1.29, 1.82) is 0 Å². The number of nitrogen functional groups attached to an aromatic ring is 1. The first kappa shape index (κ1) is 21.8. The molecule has 9 heteroatoms. The highest BCUT2D eigenvalue weighted by Crippen LogP contribution is 2.20. The lowest BCUT2D eigenvalue weighted by molar-refractivity contribution is -0.116. The number of carbonyl (C=O) groups is 1. The fourth-order valence-electron chi connectivity index (χ4n) is 2.62. The van der Waals surface area contributed by atoms with Crippen LogP contribution in [0.5, 0.6) is 0 Å². The van der Waals surface area contributed by atoms with Gasteiger partial charge in [0.25, 0.3) is 5.56 Å². The molecule has 0 aliphatic heterocycles. The van der Waals surface area contributed by atoms with Gasteiger partial charge >= 0.3 is 5.69 Å². The molecule has 1 amide bonds. The maximum Gasteiger partial charge on any atom is 0.330 e. The summed E-state index contributed by atoms with van der Waals surface area (Å²) in [5.74, 6) is -0.118. The van der Waals surface area contributed by atoms with E-state index < -0.39 is 11.2 Å². The third-order valence-electron chi connectivity index (χ3n) is 4.03. The minimum Gasteiger partial charge on any atom is -0.383 e. The van der Waals surface area contributed by atoms with Gasteiger partial charge in [-0.15, -0.1) is 11.8 Å². The van der Waals surface area contributed by atoms with E-state index in [-0.39, 0.29) is 48.1 Å². The number of benzene rings is 1. The quantitative estimate of drug-likeness (QED) is 0.649. The zero-order valence-electron chi connectivity index (χ0n) is 16.3. The van der Waals surface area contributed by atoms with E-state index in [1.54, 1.807) is 0 Å². The molecule has 0 spiro atoms. The molecule has 0 aliphatic carbocycles. The van der Waals surface area contributed by atoms with Crippen molar-refractivity contribution in [2.24, 2.45) is 0 Å². The van der Waals surface area contributed by atoms with Crippen LogP contribution in [-0.2, 0) is 16.1 Å². The Morgan fingerprint density at radius 1 is 1.29 bits per heavy atom. The molecule has 0 saturated carbocycles. The van der Waals surface area contributed by atoms with Crippen LogP contribution in [0.15, 0.2) is 39.9 Å². The van der Waals surface area contributed by atoms with Crippen molar-refractivity contribution in [1.82, 2.24) is 9.55 Å². The van der Waals surface area contributed by atoms with Crippen LogP contribution < -0.4 is 21.9 Å². The number of hydrogen-bond acceptors (Lipinski definition) is 6. The van der Waals surface area contributed by atoms with Crippen LogP contribution >= 0.6 is 11.8 Å². The number of anilines is 2. The standard InChI is InChI=1S/C19H26N4O4S/c1-13(2)28-12-15(24)22(9-10-27-3)16-17(20)23(19(26)21-18(16)25)11-14-7-5-4-6-8-14/h4-8,13H,9-12,20H2,1-3H3,(H,21,25,26). The van der Waals surface area contributed by atoms with E-state index in [0.29, 0.717) is 0 Å². The summed E-state index contributed by atoms with van der Waals surface area (Å²) in [6, 6.07) is 9.26. The zero-order valence-corrected chi connectivity index (χ0v) is 17.1. The fraction of sp³-hybridized carbons (Fsp3) is 0.421. The molecular weight excluding hydrogens is 380 g/mol. The molecule has 0 fully saturated rings. The van der Waals surface area contributed by atoms with E-state index >= 15 is 0 Å². The van der Waals surface area contributed by atoms with E-state index in [1.807, 2.05) is 44.2 Å². The molecule has 1 aromatic heterocycles. The van der Waals surface area contributed by atoms with Crippen LogP contribution in [0.1, 0.15) is 19.4 Å². The van der Waals surface area contributed by atoms with Crippen molar-refractivity contribution in [3.63, 3.8) is 0 Å². The summed E-state index contributed by atoms with van der Waals surface area (Å²) in [5.41, 5.74) is 5.71. The van der Waals surface area contributed by atoms with E-state index in [9.17, 15) is 14.4 Å². The molecule has 152 valence electrons. The molecule has 0 radical (unpaired) electrons. The van der Waals surface area contributed by atoms with Gasteiger partial charge in [-0.2, -0.15) is 0 Å². The van der Waals surface area contributed by atoms with Gasteiger partial charge in [-0.05, 0) is 10.8 Å². The Labute approximate surface area is 167 Å². The molecule has 1 aromatic carbocycles. The van der Waals surface area contributed by atoms with Gasteiger partial charge in [-0.25, -0.2) is 4.79 Å². The SMILES string of the molecule is COCCN(C(=O)CSC(C)C)c1c(N)n(Cc2ccccc2)c(=O)[nH]c1=O. The number of ether oxygens (including phenoxy) is 1. The lowest BCUT2D eigenvalue weighted by Crippen LogP contribution is -2.43. The maximum atomic E-state index is 12.8. The first-order chi connectivity index (χ1) is 13.3. The van der Waals surface area contributed by atoms with Gasteiger partial charge in [-0.3, -0.25) is 19.1 Å². The number of aromatic amines is 1. The Morgan fingerprint density at radius 2 is 1.96 bits per heavy atom. The Balaban J connectivity index is 2.47. The van der Waals surface area contributed by atoms with Crippen molar-refractivity contribution >= 4 is 29.2 Å². The van der Waals surface area contributed by atoms with Crippen LogP contribution in [0.2, 0.25) is 0 Å². The highest BCUT2D eigenvalue weighted by Gasteiger charge is 2.24. The Morgan fingerprint density at radius 3 is 2.57 bits per heavy atom. The second kappa shape index (κ2) is 10.1. The van der Waals surface area contributed by atoms with Crippen molar-refractivity contribution in [2.45, 2.75) is 25.6 Å². The molecule has 0 bridgehead atoms. The number of H-pyrrole nitrogens is 1. The van der Waals surface area contributed by atoms with Gasteiger partial charge < -0.3 is 15.4 Å². The van der Waals surface area contributed by atoms with Crippen molar-refractivity contribution in [2.75, 3.05) is 36.6 Å². The third kappa shape index (κ3) is 5.49. The zero-order chi connectivity index (χ0) is 20.7. The van der Waals surface area contributed by atoms with Gasteiger partial charge in [-0.1, -0.05) is 44.2 Å². The topological polar surface area (TPSA) is 110 Å². The van der Waals surface area contributed by atoms with Gasteiger partial charge in [0.15, 0.2) is 5.69 Å². The first-order valence-corrected chi connectivity index (χ1v) is 9.97. The summed E-state index contributed by atoms with van der Waals surface area (Å²) in [6.45, 7) is 4.54. The second-order valence-corrected chi connectivity index (χ2v) is 8.03. The van der Waals surface area contributed by atoms with E-state index in [2.05, 4.69) is 4.98 Å². The number of methoxy groups -OCH3 is 1. The van der Waals surface area contributed by atoms with Crippen LogP contribution in [0.25, 0.3) is 0 Å². The highest BCUT2D eigenvalue weighted by atomic mass is 32.2.